The van der Waals surface area contributed by atoms with Crippen molar-refractivity contribution in [2.75, 3.05) is 0 Å². The molecule has 2 atom stereocenters. The topological polar surface area (TPSA) is 34.9 Å². The molecule has 0 saturated heterocycles. The summed E-state index contributed by atoms with van der Waals surface area (Å²) in [6.45, 7) is 6.49. The molecule has 1 aliphatic carbocycles. The lowest BCUT2D eigenvalue weighted by molar-refractivity contribution is 0.112. The quantitative estimate of drug-likeness (QED) is 0.753. The van der Waals surface area contributed by atoms with Gasteiger partial charge in [-0.1, -0.05) is 40.0 Å². The summed E-state index contributed by atoms with van der Waals surface area (Å²) in [5, 5.41) is 4.78. The summed E-state index contributed by atoms with van der Waals surface area (Å²) in [7, 11) is 0. The minimum Gasteiger partial charge on any atom is -0.298 e. The van der Waals surface area contributed by atoms with E-state index in [0.29, 0.717) is 6.04 Å². The molecule has 1 saturated carbocycles. The first kappa shape index (κ1) is 14.3. The molecule has 0 amide bonds. The van der Waals surface area contributed by atoms with E-state index in [4.69, 9.17) is 5.10 Å². The van der Waals surface area contributed by atoms with Crippen LogP contribution in [0.25, 0.3) is 0 Å². The van der Waals surface area contributed by atoms with E-state index in [9.17, 15) is 4.79 Å². The third kappa shape index (κ3) is 2.60. The van der Waals surface area contributed by atoms with E-state index in [0.717, 1.165) is 42.0 Å². The van der Waals surface area contributed by atoms with Gasteiger partial charge in [-0.15, -0.1) is 0 Å². The number of hydrogen-bond donors (Lipinski definition) is 0. The normalized spacial score (nSPS) is 23.5. The van der Waals surface area contributed by atoms with Crippen LogP contribution in [0.1, 0.15) is 80.7 Å². The molecule has 1 aromatic rings. The van der Waals surface area contributed by atoms with Crippen molar-refractivity contribution in [1.29, 1.82) is 0 Å². The highest BCUT2D eigenvalue weighted by atomic mass is 16.1. The smallest absolute Gasteiger partial charge is 0.153 e. The Morgan fingerprint density at radius 3 is 2.53 bits per heavy atom. The number of carbonyl (C=O) groups is 1. The lowest BCUT2D eigenvalue weighted by Gasteiger charge is -2.32. The highest BCUT2D eigenvalue weighted by molar-refractivity contribution is 5.78. The fourth-order valence-corrected chi connectivity index (χ4v) is 3.54. The lowest BCUT2D eigenvalue weighted by Crippen LogP contribution is -2.25. The predicted molar refractivity (Wildman–Crippen MR) is 77.7 cm³/mol. The van der Waals surface area contributed by atoms with Gasteiger partial charge in [-0.25, -0.2) is 0 Å². The maximum Gasteiger partial charge on any atom is 0.153 e. The van der Waals surface area contributed by atoms with Gasteiger partial charge in [-0.05, 0) is 31.6 Å². The second-order valence-electron chi connectivity index (χ2n) is 5.60. The number of nitrogens with zero attached hydrogens (tertiary/aromatic N) is 2. The number of aldehydes is 1. The van der Waals surface area contributed by atoms with Crippen LogP contribution in [0, 0.1) is 5.92 Å². The molecular formula is C16H26N2O. The van der Waals surface area contributed by atoms with Crippen LogP contribution in [0.2, 0.25) is 0 Å². The van der Waals surface area contributed by atoms with Crippen LogP contribution in [0.5, 0.6) is 0 Å². The Balaban J connectivity index is 2.42. The first-order valence-corrected chi connectivity index (χ1v) is 7.82. The fraction of sp³-hybridized carbons (Fsp3) is 0.750. The highest BCUT2D eigenvalue weighted by Crippen LogP contribution is 2.37. The molecule has 0 bridgehead atoms. The van der Waals surface area contributed by atoms with Crippen molar-refractivity contribution in [1.82, 2.24) is 9.78 Å². The monoisotopic (exact) mass is 262 g/mol. The maximum absolute atomic E-state index is 11.4. The largest absolute Gasteiger partial charge is 0.298 e. The third-order valence-electron chi connectivity index (χ3n) is 4.62. The van der Waals surface area contributed by atoms with Crippen molar-refractivity contribution >= 4 is 6.29 Å². The molecule has 2 unspecified atom stereocenters. The zero-order valence-electron chi connectivity index (χ0n) is 12.5. The summed E-state index contributed by atoms with van der Waals surface area (Å²) in [6, 6.07) is 0.507. The third-order valence-corrected chi connectivity index (χ3v) is 4.62. The Bertz CT molecular complexity index is 436. The van der Waals surface area contributed by atoms with Gasteiger partial charge in [0.15, 0.2) is 6.29 Å². The van der Waals surface area contributed by atoms with Gasteiger partial charge in [0, 0.05) is 5.69 Å². The predicted octanol–water partition coefficient (Wildman–Crippen LogP) is 3.96. The van der Waals surface area contributed by atoms with Crippen molar-refractivity contribution in [3.8, 4) is 0 Å². The molecule has 0 aliphatic heterocycles. The first-order chi connectivity index (χ1) is 9.26. The molecule has 106 valence electrons. The van der Waals surface area contributed by atoms with Crippen molar-refractivity contribution in [2.45, 2.75) is 71.8 Å². The summed E-state index contributed by atoms with van der Waals surface area (Å²) in [5.41, 5.74) is 2.98. The molecule has 2 rings (SSSR count). The fourth-order valence-electron chi connectivity index (χ4n) is 3.54. The maximum atomic E-state index is 11.4. The average molecular weight is 262 g/mol. The van der Waals surface area contributed by atoms with Crippen molar-refractivity contribution < 1.29 is 4.79 Å². The second-order valence-corrected chi connectivity index (χ2v) is 5.60. The van der Waals surface area contributed by atoms with Crippen molar-refractivity contribution in [2.24, 2.45) is 5.92 Å². The Morgan fingerprint density at radius 2 is 1.95 bits per heavy atom. The first-order valence-electron chi connectivity index (χ1n) is 7.82. The van der Waals surface area contributed by atoms with E-state index in [1.807, 2.05) is 0 Å². The van der Waals surface area contributed by atoms with Gasteiger partial charge in [0.05, 0.1) is 17.3 Å². The van der Waals surface area contributed by atoms with Crippen LogP contribution in [0.3, 0.4) is 0 Å². The van der Waals surface area contributed by atoms with E-state index in [1.165, 1.54) is 32.1 Å². The summed E-state index contributed by atoms with van der Waals surface area (Å²) < 4.78 is 2.20. The molecule has 0 radical (unpaired) electrons. The second kappa shape index (κ2) is 6.36. The molecule has 1 heterocycles. The molecule has 19 heavy (non-hydrogen) atoms. The van der Waals surface area contributed by atoms with E-state index in [1.54, 1.807) is 0 Å². The molecule has 1 fully saturated rings. The Labute approximate surface area is 116 Å². The summed E-state index contributed by atoms with van der Waals surface area (Å²) >= 11 is 0. The van der Waals surface area contributed by atoms with Crippen LogP contribution >= 0.6 is 0 Å². The van der Waals surface area contributed by atoms with E-state index in [-0.39, 0.29) is 0 Å². The van der Waals surface area contributed by atoms with Gasteiger partial charge in [-0.3, -0.25) is 9.48 Å². The Hall–Kier alpha value is -1.12. The number of aryl methyl sites for hydroxylation is 1. The van der Waals surface area contributed by atoms with Crippen molar-refractivity contribution in [3.63, 3.8) is 0 Å². The molecule has 1 aliphatic rings. The molecule has 1 aromatic heterocycles. The van der Waals surface area contributed by atoms with E-state index >= 15 is 0 Å². The molecule has 3 nitrogen and oxygen atoms in total. The van der Waals surface area contributed by atoms with Crippen LogP contribution in [-0.2, 0) is 12.8 Å². The Morgan fingerprint density at radius 1 is 1.21 bits per heavy atom. The van der Waals surface area contributed by atoms with Gasteiger partial charge < -0.3 is 0 Å². The van der Waals surface area contributed by atoms with Gasteiger partial charge in [-0.2, -0.15) is 5.10 Å². The van der Waals surface area contributed by atoms with Crippen LogP contribution < -0.4 is 0 Å². The van der Waals surface area contributed by atoms with Crippen LogP contribution in [-0.4, -0.2) is 16.1 Å². The zero-order valence-corrected chi connectivity index (χ0v) is 12.5. The number of hydrogen-bond acceptors (Lipinski definition) is 2. The average Bonchev–Trinajstić information content (AvgIpc) is 2.84. The summed E-state index contributed by atoms with van der Waals surface area (Å²) in [6.07, 6.45) is 9.12. The number of carbonyl (C=O) groups excluding carboxylic acids is 1. The SMILES string of the molecule is CCc1nn(C2CCCCC2CC)c(CC)c1C=O. The minimum atomic E-state index is 0.507. The number of rotatable bonds is 5. The minimum absolute atomic E-state index is 0.507. The lowest BCUT2D eigenvalue weighted by atomic mass is 9.83. The molecular weight excluding hydrogens is 236 g/mol. The van der Waals surface area contributed by atoms with Crippen molar-refractivity contribution in [3.05, 3.63) is 17.0 Å². The van der Waals surface area contributed by atoms with Crippen LogP contribution in [0.15, 0.2) is 0 Å². The zero-order chi connectivity index (χ0) is 13.8. The molecule has 0 spiro atoms. The highest BCUT2D eigenvalue weighted by Gasteiger charge is 2.29. The van der Waals surface area contributed by atoms with Gasteiger partial charge in [0.25, 0.3) is 0 Å². The summed E-state index contributed by atoms with van der Waals surface area (Å²) in [4.78, 5) is 11.4. The van der Waals surface area contributed by atoms with E-state index in [2.05, 4.69) is 25.5 Å². The molecule has 3 heteroatoms. The molecule has 0 aromatic carbocycles. The van der Waals surface area contributed by atoms with Crippen LogP contribution in [0.4, 0.5) is 0 Å². The van der Waals surface area contributed by atoms with E-state index < -0.39 is 0 Å². The van der Waals surface area contributed by atoms with Gasteiger partial charge >= 0.3 is 0 Å². The number of aromatic nitrogens is 2. The Kier molecular flexibility index (Phi) is 4.78. The standard InChI is InChI=1S/C16H26N2O/c1-4-12-9-7-8-10-16(12)18-15(6-3)13(11-19)14(5-2)17-18/h11-12,16H,4-10H2,1-3H3. The van der Waals surface area contributed by atoms with Gasteiger partial charge in [0.1, 0.15) is 0 Å². The van der Waals surface area contributed by atoms with Gasteiger partial charge in [0.2, 0.25) is 0 Å². The summed E-state index contributed by atoms with van der Waals surface area (Å²) in [5.74, 6) is 0.725. The molecule has 0 N–H and O–H groups in total.